The van der Waals surface area contributed by atoms with Gasteiger partial charge in [0.2, 0.25) is 15.9 Å². The third-order valence-electron chi connectivity index (χ3n) is 5.32. The molecule has 0 saturated carbocycles. The average molecular weight is 434 g/mol. The molecule has 1 amide bonds. The van der Waals surface area contributed by atoms with Crippen LogP contribution in [0.25, 0.3) is 0 Å². The summed E-state index contributed by atoms with van der Waals surface area (Å²) in [5.74, 6) is 0.216. The fourth-order valence-corrected chi connectivity index (χ4v) is 5.41. The molecule has 1 atom stereocenters. The van der Waals surface area contributed by atoms with Crippen molar-refractivity contribution >= 4 is 15.9 Å². The molecule has 1 N–H and O–H groups in total. The summed E-state index contributed by atoms with van der Waals surface area (Å²) in [6.45, 7) is 2.90. The fraction of sp³-hybridized carbons (Fsp3) is 0.381. The second kappa shape index (κ2) is 8.23. The van der Waals surface area contributed by atoms with Crippen LogP contribution in [0, 0.1) is 12.7 Å². The summed E-state index contributed by atoms with van der Waals surface area (Å²) in [4.78, 5) is 12.8. The predicted molar refractivity (Wildman–Crippen MR) is 107 cm³/mol. The number of rotatable bonds is 5. The second-order valence-electron chi connectivity index (χ2n) is 7.38. The van der Waals surface area contributed by atoms with Crippen LogP contribution in [0.3, 0.4) is 0 Å². The van der Waals surface area contributed by atoms with Gasteiger partial charge in [-0.3, -0.25) is 4.79 Å². The number of nitrogens with one attached hydrogen (secondary N) is 1. The van der Waals surface area contributed by atoms with Gasteiger partial charge in [0.15, 0.2) is 11.5 Å². The maximum atomic E-state index is 13.4. The van der Waals surface area contributed by atoms with Gasteiger partial charge in [0.1, 0.15) is 25.1 Å². The molecule has 0 aromatic heterocycles. The number of halogens is 1. The first-order valence-electron chi connectivity index (χ1n) is 9.80. The van der Waals surface area contributed by atoms with Gasteiger partial charge in [-0.2, -0.15) is 4.31 Å². The van der Waals surface area contributed by atoms with Crippen molar-refractivity contribution in [2.24, 2.45) is 0 Å². The Kier molecular flexibility index (Phi) is 5.66. The standard InChI is InChI=1S/C21H23FN2O5S/c1-14-11-15(4-6-17(14)22)13-23-21(25)18-3-2-8-24(18)30(26,27)16-5-7-19-20(12-16)29-10-9-28-19/h4-7,11-12,18H,2-3,8-10,13H2,1H3,(H,23,25)/t18-/m0/s1. The van der Waals surface area contributed by atoms with E-state index in [0.29, 0.717) is 43.1 Å². The zero-order chi connectivity index (χ0) is 21.3. The molecule has 4 rings (SSSR count). The van der Waals surface area contributed by atoms with Gasteiger partial charge in [-0.25, -0.2) is 12.8 Å². The first kappa shape index (κ1) is 20.6. The van der Waals surface area contributed by atoms with Gasteiger partial charge in [-0.15, -0.1) is 0 Å². The molecule has 1 fully saturated rings. The minimum atomic E-state index is -3.87. The molecule has 2 aromatic carbocycles. The van der Waals surface area contributed by atoms with Crippen molar-refractivity contribution in [3.63, 3.8) is 0 Å². The molecule has 1 saturated heterocycles. The van der Waals surface area contributed by atoms with Crippen LogP contribution in [-0.4, -0.2) is 44.4 Å². The molecular weight excluding hydrogens is 411 g/mol. The van der Waals surface area contributed by atoms with E-state index in [1.807, 2.05) is 0 Å². The number of amides is 1. The zero-order valence-electron chi connectivity index (χ0n) is 16.6. The van der Waals surface area contributed by atoms with Crippen LogP contribution >= 0.6 is 0 Å². The van der Waals surface area contributed by atoms with E-state index in [1.165, 1.54) is 22.5 Å². The van der Waals surface area contributed by atoms with Crippen LogP contribution in [-0.2, 0) is 21.4 Å². The number of hydrogen-bond acceptors (Lipinski definition) is 5. The van der Waals surface area contributed by atoms with Crippen molar-refractivity contribution in [3.05, 3.63) is 53.3 Å². The molecule has 0 aliphatic carbocycles. The Morgan fingerprint density at radius 2 is 1.93 bits per heavy atom. The third kappa shape index (κ3) is 3.99. The van der Waals surface area contributed by atoms with Gasteiger partial charge < -0.3 is 14.8 Å². The number of carbonyl (C=O) groups is 1. The molecule has 7 nitrogen and oxygen atoms in total. The molecular formula is C21H23FN2O5S. The zero-order valence-corrected chi connectivity index (χ0v) is 17.4. The van der Waals surface area contributed by atoms with E-state index >= 15 is 0 Å². The Balaban J connectivity index is 1.49. The average Bonchev–Trinajstić information content (AvgIpc) is 3.25. The Morgan fingerprint density at radius 1 is 1.17 bits per heavy atom. The van der Waals surface area contributed by atoms with Crippen molar-refractivity contribution in [1.82, 2.24) is 9.62 Å². The Morgan fingerprint density at radius 3 is 2.70 bits per heavy atom. The second-order valence-corrected chi connectivity index (χ2v) is 9.27. The first-order valence-corrected chi connectivity index (χ1v) is 11.2. The monoisotopic (exact) mass is 434 g/mol. The van der Waals surface area contributed by atoms with Crippen LogP contribution in [0.4, 0.5) is 4.39 Å². The van der Waals surface area contributed by atoms with Gasteiger partial charge in [0.05, 0.1) is 4.90 Å². The molecule has 0 bridgehead atoms. The molecule has 0 spiro atoms. The molecule has 0 radical (unpaired) electrons. The summed E-state index contributed by atoms with van der Waals surface area (Å²) in [5, 5.41) is 2.78. The molecule has 30 heavy (non-hydrogen) atoms. The summed E-state index contributed by atoms with van der Waals surface area (Å²) in [7, 11) is -3.87. The van der Waals surface area contributed by atoms with Crippen molar-refractivity contribution in [2.75, 3.05) is 19.8 Å². The molecule has 2 aromatic rings. The van der Waals surface area contributed by atoms with Gasteiger partial charge in [-0.1, -0.05) is 12.1 Å². The largest absolute Gasteiger partial charge is 0.486 e. The lowest BCUT2D eigenvalue weighted by molar-refractivity contribution is -0.124. The Hall–Kier alpha value is -2.65. The number of hydrogen-bond donors (Lipinski definition) is 1. The number of carbonyl (C=O) groups excluding carboxylic acids is 1. The van der Waals surface area contributed by atoms with Gasteiger partial charge in [0, 0.05) is 19.2 Å². The number of sulfonamides is 1. The maximum absolute atomic E-state index is 13.4. The van der Waals surface area contributed by atoms with Gasteiger partial charge >= 0.3 is 0 Å². The van der Waals surface area contributed by atoms with Gasteiger partial charge in [0.25, 0.3) is 0 Å². The van der Waals surface area contributed by atoms with Crippen LogP contribution < -0.4 is 14.8 Å². The first-order chi connectivity index (χ1) is 14.4. The smallest absolute Gasteiger partial charge is 0.243 e. The molecule has 160 valence electrons. The molecule has 2 heterocycles. The topological polar surface area (TPSA) is 84.9 Å². The van der Waals surface area contributed by atoms with E-state index in [1.54, 1.807) is 25.1 Å². The highest BCUT2D eigenvalue weighted by Gasteiger charge is 2.39. The number of ether oxygens (including phenoxy) is 2. The van der Waals surface area contributed by atoms with E-state index in [-0.39, 0.29) is 29.7 Å². The highest BCUT2D eigenvalue weighted by atomic mass is 32.2. The summed E-state index contributed by atoms with van der Waals surface area (Å²) in [6.07, 6.45) is 1.04. The predicted octanol–water partition coefficient (Wildman–Crippen LogP) is 2.37. The number of benzene rings is 2. The quantitative estimate of drug-likeness (QED) is 0.781. The summed E-state index contributed by atoms with van der Waals surface area (Å²) in [5.41, 5.74) is 1.24. The molecule has 2 aliphatic rings. The van der Waals surface area contributed by atoms with Crippen LogP contribution in [0.1, 0.15) is 24.0 Å². The highest BCUT2D eigenvalue weighted by molar-refractivity contribution is 7.89. The fourth-order valence-electron chi connectivity index (χ4n) is 3.73. The van der Waals surface area contributed by atoms with Crippen LogP contribution in [0.5, 0.6) is 11.5 Å². The number of aryl methyl sites for hydroxylation is 1. The third-order valence-corrected chi connectivity index (χ3v) is 7.22. The summed E-state index contributed by atoms with van der Waals surface area (Å²) in [6, 6.07) is 8.31. The van der Waals surface area contributed by atoms with E-state index < -0.39 is 16.1 Å². The number of nitrogens with zero attached hydrogens (tertiary/aromatic N) is 1. The molecule has 0 unspecified atom stereocenters. The lowest BCUT2D eigenvalue weighted by atomic mass is 10.1. The van der Waals surface area contributed by atoms with Crippen LogP contribution in [0.2, 0.25) is 0 Å². The highest BCUT2D eigenvalue weighted by Crippen LogP contribution is 2.34. The van der Waals surface area contributed by atoms with E-state index in [4.69, 9.17) is 9.47 Å². The minimum absolute atomic E-state index is 0.0700. The number of fused-ring (bicyclic) bond motifs is 1. The lowest BCUT2D eigenvalue weighted by Crippen LogP contribution is -2.45. The normalized spacial score (nSPS) is 18.9. The maximum Gasteiger partial charge on any atom is 0.243 e. The van der Waals surface area contributed by atoms with Crippen LogP contribution in [0.15, 0.2) is 41.3 Å². The Labute approximate surface area is 174 Å². The Bertz CT molecular complexity index is 1070. The molecule has 9 heteroatoms. The lowest BCUT2D eigenvalue weighted by Gasteiger charge is -2.24. The van der Waals surface area contributed by atoms with Crippen molar-refractivity contribution < 1.29 is 27.1 Å². The SMILES string of the molecule is Cc1cc(CNC(=O)[C@@H]2CCCN2S(=O)(=O)c2ccc3c(c2)OCCO3)ccc1F. The van der Waals surface area contributed by atoms with Crippen molar-refractivity contribution in [3.8, 4) is 11.5 Å². The summed E-state index contributed by atoms with van der Waals surface area (Å²) < 4.78 is 52.0. The van der Waals surface area contributed by atoms with E-state index in [0.717, 1.165) is 5.56 Å². The minimum Gasteiger partial charge on any atom is -0.486 e. The van der Waals surface area contributed by atoms with Gasteiger partial charge in [-0.05, 0) is 49.1 Å². The van der Waals surface area contributed by atoms with E-state index in [9.17, 15) is 17.6 Å². The van der Waals surface area contributed by atoms with E-state index in [2.05, 4.69) is 5.32 Å². The molecule has 2 aliphatic heterocycles. The summed E-state index contributed by atoms with van der Waals surface area (Å²) >= 11 is 0. The van der Waals surface area contributed by atoms with Crippen molar-refractivity contribution in [2.45, 2.75) is 37.2 Å². The van der Waals surface area contributed by atoms with Crippen molar-refractivity contribution in [1.29, 1.82) is 0 Å².